The fourth-order valence-electron chi connectivity index (χ4n) is 3.40. The van der Waals surface area contributed by atoms with Gasteiger partial charge < -0.3 is 19.2 Å². The lowest BCUT2D eigenvalue weighted by Crippen LogP contribution is -2.29. The number of pyridine rings is 1. The van der Waals surface area contributed by atoms with Gasteiger partial charge in [-0.2, -0.15) is 0 Å². The molecule has 0 saturated carbocycles. The van der Waals surface area contributed by atoms with E-state index < -0.39 is 17.7 Å². The maximum Gasteiger partial charge on any atom is 0.296 e. The maximum atomic E-state index is 12.9. The highest BCUT2D eigenvalue weighted by molar-refractivity contribution is 6.46. The normalized spacial score (nSPS) is 18.2. The number of benzene rings is 1. The van der Waals surface area contributed by atoms with Gasteiger partial charge in [-0.25, -0.2) is 0 Å². The van der Waals surface area contributed by atoms with Crippen LogP contribution in [0.15, 0.2) is 77.2 Å². The van der Waals surface area contributed by atoms with E-state index in [-0.39, 0.29) is 17.9 Å². The fraction of sp³-hybridized carbons (Fsp3) is 0.136. The summed E-state index contributed by atoms with van der Waals surface area (Å²) >= 11 is 0. The van der Waals surface area contributed by atoms with E-state index in [9.17, 15) is 14.7 Å². The van der Waals surface area contributed by atoms with E-state index in [4.69, 9.17) is 9.15 Å². The Labute approximate surface area is 166 Å². The molecule has 0 bridgehead atoms. The number of furan rings is 1. The van der Waals surface area contributed by atoms with E-state index in [0.717, 1.165) is 5.56 Å². The van der Waals surface area contributed by atoms with Crippen molar-refractivity contribution in [3.8, 4) is 5.75 Å². The lowest BCUT2D eigenvalue weighted by atomic mass is 9.99. The molecule has 3 aromatic rings. The topological polar surface area (TPSA) is 92.9 Å². The lowest BCUT2D eigenvalue weighted by Gasteiger charge is -2.23. The summed E-state index contributed by atoms with van der Waals surface area (Å²) in [5.41, 5.74) is 1.16. The monoisotopic (exact) mass is 390 g/mol. The number of nitrogens with zero attached hydrogens (tertiary/aromatic N) is 2. The van der Waals surface area contributed by atoms with Crippen LogP contribution in [0.1, 0.15) is 22.9 Å². The molecular weight excluding hydrogens is 372 g/mol. The predicted molar refractivity (Wildman–Crippen MR) is 104 cm³/mol. The first-order valence-electron chi connectivity index (χ1n) is 8.95. The summed E-state index contributed by atoms with van der Waals surface area (Å²) in [4.78, 5) is 31.1. The van der Waals surface area contributed by atoms with E-state index in [2.05, 4.69) is 4.98 Å². The predicted octanol–water partition coefficient (Wildman–Crippen LogP) is 3.31. The molecule has 1 N–H and O–H groups in total. The fourth-order valence-corrected chi connectivity index (χ4v) is 3.40. The number of carbonyl (C=O) groups excluding carboxylic acids is 2. The standard InChI is InChI=1S/C22H18N2O5/c1-28-16-5-2-4-15(12-16)20(25)18-19(17-6-3-11-29-17)24(22(27)21(18)26)13-14-7-9-23-10-8-14/h2-12,19,25H,13H2,1H3/b20-18-. The van der Waals surface area contributed by atoms with E-state index in [1.54, 1.807) is 60.9 Å². The second-order valence-corrected chi connectivity index (χ2v) is 6.53. The minimum atomic E-state index is -0.843. The Morgan fingerprint density at radius 2 is 1.97 bits per heavy atom. The van der Waals surface area contributed by atoms with Gasteiger partial charge in [-0.3, -0.25) is 14.6 Å². The van der Waals surface area contributed by atoms with E-state index in [1.807, 2.05) is 0 Å². The van der Waals surface area contributed by atoms with Crippen LogP contribution in [0.3, 0.4) is 0 Å². The summed E-state index contributed by atoms with van der Waals surface area (Å²) in [5.74, 6) is -0.827. The quantitative estimate of drug-likeness (QED) is 0.408. The third-order valence-corrected chi connectivity index (χ3v) is 4.80. The van der Waals surface area contributed by atoms with Gasteiger partial charge in [0.2, 0.25) is 0 Å². The minimum absolute atomic E-state index is 0.0211. The number of amides is 1. The molecule has 1 aliphatic rings. The Bertz CT molecular complexity index is 1070. The third-order valence-electron chi connectivity index (χ3n) is 4.80. The molecule has 1 aromatic carbocycles. The smallest absolute Gasteiger partial charge is 0.296 e. The van der Waals surface area contributed by atoms with E-state index in [0.29, 0.717) is 17.1 Å². The molecule has 1 aliphatic heterocycles. The number of ketones is 1. The summed E-state index contributed by atoms with van der Waals surface area (Å²) in [7, 11) is 1.51. The summed E-state index contributed by atoms with van der Waals surface area (Å²) in [6.07, 6.45) is 4.70. The molecular formula is C22H18N2O5. The summed E-state index contributed by atoms with van der Waals surface area (Å²) in [5, 5.41) is 11.0. The second kappa shape index (κ2) is 7.63. The highest BCUT2D eigenvalue weighted by Crippen LogP contribution is 2.40. The molecule has 0 radical (unpaired) electrons. The van der Waals surface area contributed by atoms with Gasteiger partial charge in [-0.1, -0.05) is 12.1 Å². The molecule has 1 unspecified atom stereocenters. The van der Waals surface area contributed by atoms with Gasteiger partial charge in [0.25, 0.3) is 11.7 Å². The number of ether oxygens (including phenoxy) is 1. The van der Waals surface area contributed by atoms with Gasteiger partial charge >= 0.3 is 0 Å². The van der Waals surface area contributed by atoms with Crippen LogP contribution in [0.2, 0.25) is 0 Å². The maximum absolute atomic E-state index is 12.9. The molecule has 7 heteroatoms. The van der Waals surface area contributed by atoms with Crippen LogP contribution in [0.4, 0.5) is 0 Å². The van der Waals surface area contributed by atoms with Crippen molar-refractivity contribution in [2.24, 2.45) is 0 Å². The third kappa shape index (κ3) is 3.38. The largest absolute Gasteiger partial charge is 0.507 e. The van der Waals surface area contributed by atoms with Crippen molar-refractivity contribution in [1.82, 2.24) is 9.88 Å². The van der Waals surface area contributed by atoms with Crippen LogP contribution < -0.4 is 4.74 Å². The van der Waals surface area contributed by atoms with Gasteiger partial charge in [-0.15, -0.1) is 0 Å². The van der Waals surface area contributed by atoms with Crippen molar-refractivity contribution in [2.45, 2.75) is 12.6 Å². The Balaban J connectivity index is 1.83. The molecule has 29 heavy (non-hydrogen) atoms. The zero-order chi connectivity index (χ0) is 20.4. The molecule has 3 heterocycles. The Hall–Kier alpha value is -3.87. The molecule has 0 aliphatic carbocycles. The number of carbonyl (C=O) groups is 2. The minimum Gasteiger partial charge on any atom is -0.507 e. The van der Waals surface area contributed by atoms with E-state index >= 15 is 0 Å². The molecule has 1 atom stereocenters. The molecule has 2 aromatic heterocycles. The Morgan fingerprint density at radius 1 is 1.17 bits per heavy atom. The lowest BCUT2D eigenvalue weighted by molar-refractivity contribution is -0.140. The van der Waals surface area contributed by atoms with Crippen LogP contribution in [0.25, 0.3) is 5.76 Å². The van der Waals surface area contributed by atoms with Crippen molar-refractivity contribution in [3.63, 3.8) is 0 Å². The number of aliphatic hydroxyl groups is 1. The number of hydrogen-bond acceptors (Lipinski definition) is 6. The van der Waals surface area contributed by atoms with Gasteiger partial charge in [0.15, 0.2) is 0 Å². The van der Waals surface area contributed by atoms with Crippen molar-refractivity contribution in [1.29, 1.82) is 0 Å². The average molecular weight is 390 g/mol. The number of likely N-dealkylation sites (tertiary alicyclic amines) is 1. The highest BCUT2D eigenvalue weighted by Gasteiger charge is 2.47. The van der Waals surface area contributed by atoms with Crippen molar-refractivity contribution >= 4 is 17.4 Å². The summed E-state index contributed by atoms with van der Waals surface area (Å²) in [6, 6.07) is 12.7. The van der Waals surface area contributed by atoms with Crippen LogP contribution in [0.5, 0.6) is 5.75 Å². The van der Waals surface area contributed by atoms with Crippen molar-refractivity contribution < 1.29 is 23.8 Å². The average Bonchev–Trinajstić information content (AvgIpc) is 3.37. The molecule has 4 rings (SSSR count). The SMILES string of the molecule is COc1cccc(/C(O)=C2/C(=O)C(=O)N(Cc3ccncc3)C2c2ccco2)c1. The summed E-state index contributed by atoms with van der Waals surface area (Å²) in [6.45, 7) is 0.174. The number of aromatic nitrogens is 1. The first-order valence-corrected chi connectivity index (χ1v) is 8.95. The van der Waals surface area contributed by atoms with Gasteiger partial charge in [0, 0.05) is 24.5 Å². The Kier molecular flexibility index (Phi) is 4.87. The number of aliphatic hydroxyl groups excluding tert-OH is 1. The van der Waals surface area contributed by atoms with Gasteiger partial charge in [0.05, 0.1) is 18.9 Å². The number of Topliss-reactive ketones (excluding diaryl/α,β-unsaturated/α-hetero) is 1. The van der Waals surface area contributed by atoms with Crippen molar-refractivity contribution in [2.75, 3.05) is 7.11 Å². The van der Waals surface area contributed by atoms with Crippen LogP contribution in [0, 0.1) is 0 Å². The molecule has 0 spiro atoms. The molecule has 7 nitrogen and oxygen atoms in total. The molecule has 146 valence electrons. The van der Waals surface area contributed by atoms with Crippen LogP contribution >= 0.6 is 0 Å². The zero-order valence-electron chi connectivity index (χ0n) is 15.6. The molecule has 1 fully saturated rings. The van der Waals surface area contributed by atoms with Crippen LogP contribution in [-0.2, 0) is 16.1 Å². The van der Waals surface area contributed by atoms with Gasteiger partial charge in [0.1, 0.15) is 23.3 Å². The van der Waals surface area contributed by atoms with E-state index in [1.165, 1.54) is 18.3 Å². The Morgan fingerprint density at radius 3 is 2.66 bits per heavy atom. The number of hydrogen-bond donors (Lipinski definition) is 1. The molecule has 1 amide bonds. The first kappa shape index (κ1) is 18.5. The zero-order valence-corrected chi connectivity index (χ0v) is 15.6. The molecule has 1 saturated heterocycles. The van der Waals surface area contributed by atoms with Gasteiger partial charge in [-0.05, 0) is 42.0 Å². The summed E-state index contributed by atoms with van der Waals surface area (Å²) < 4.78 is 10.7. The van der Waals surface area contributed by atoms with Crippen molar-refractivity contribution in [3.05, 3.63) is 89.6 Å². The first-order chi connectivity index (χ1) is 14.1. The van der Waals surface area contributed by atoms with Crippen LogP contribution in [-0.4, -0.2) is 33.8 Å². The number of methoxy groups -OCH3 is 1. The second-order valence-electron chi connectivity index (χ2n) is 6.53. The highest BCUT2D eigenvalue weighted by atomic mass is 16.5. The number of rotatable bonds is 5.